The predicted molar refractivity (Wildman–Crippen MR) is 139 cm³/mol. The molecule has 0 unspecified atom stereocenters. The maximum Gasteiger partial charge on any atom is 0.292 e. The molecule has 0 amide bonds. The van der Waals surface area contributed by atoms with E-state index < -0.39 is 14.8 Å². The Labute approximate surface area is 218 Å². The van der Waals surface area contributed by atoms with E-state index in [2.05, 4.69) is 0 Å². The Hall–Kier alpha value is -6.12. The van der Waals surface area contributed by atoms with Gasteiger partial charge in [0.2, 0.25) is 0 Å². The van der Waals surface area contributed by atoms with Gasteiger partial charge >= 0.3 is 0 Å². The number of benzene rings is 4. The van der Waals surface area contributed by atoms with Gasteiger partial charge in [-0.3, -0.25) is 30.3 Å². The Morgan fingerprint density at radius 2 is 0.692 bits per heavy atom. The summed E-state index contributed by atoms with van der Waals surface area (Å²) in [7, 11) is 0. The van der Waals surface area contributed by atoms with Crippen molar-refractivity contribution in [3.05, 3.63) is 103 Å². The van der Waals surface area contributed by atoms with E-state index in [4.69, 9.17) is 31.4 Å². The fraction of sp³-hybridized carbons (Fsp3) is 0. The molecule has 0 bridgehead atoms. The summed E-state index contributed by atoms with van der Waals surface area (Å²) in [6.45, 7) is 0. The number of anilines is 3. The van der Waals surface area contributed by atoms with E-state index in [0.717, 1.165) is 0 Å². The first kappa shape index (κ1) is 26.0. The summed E-state index contributed by atoms with van der Waals surface area (Å²) < 4.78 is 17.4. The van der Waals surface area contributed by atoms with E-state index in [-0.39, 0.29) is 68.6 Å². The van der Waals surface area contributed by atoms with Crippen LogP contribution in [0.15, 0.2) is 72.8 Å². The zero-order valence-corrected chi connectivity index (χ0v) is 19.7. The van der Waals surface area contributed by atoms with Crippen molar-refractivity contribution in [2.45, 2.75) is 0 Å². The van der Waals surface area contributed by atoms with E-state index in [1.54, 1.807) is 0 Å². The van der Waals surface area contributed by atoms with Crippen LogP contribution < -0.4 is 31.4 Å². The third-order valence-corrected chi connectivity index (χ3v) is 5.15. The van der Waals surface area contributed by atoms with Crippen LogP contribution in [-0.2, 0) is 0 Å². The second-order valence-electron chi connectivity index (χ2n) is 7.88. The first-order valence-corrected chi connectivity index (χ1v) is 10.8. The zero-order chi connectivity index (χ0) is 28.3. The Balaban J connectivity index is 1.69. The molecule has 0 radical (unpaired) electrons. The fourth-order valence-electron chi connectivity index (χ4n) is 3.42. The van der Waals surface area contributed by atoms with E-state index in [9.17, 15) is 30.3 Å². The van der Waals surface area contributed by atoms with Gasteiger partial charge in [0.15, 0.2) is 0 Å². The summed E-state index contributed by atoms with van der Waals surface area (Å²) in [6, 6.07) is 15.7. The lowest BCUT2D eigenvalue weighted by molar-refractivity contribution is -0.384. The second kappa shape index (κ2) is 10.5. The highest BCUT2D eigenvalue weighted by Crippen LogP contribution is 2.38. The van der Waals surface area contributed by atoms with Crippen LogP contribution in [0.2, 0.25) is 0 Å². The van der Waals surface area contributed by atoms with Crippen molar-refractivity contribution in [2.75, 3.05) is 17.2 Å². The molecule has 0 aliphatic rings. The number of hydrogen-bond donors (Lipinski definition) is 3. The number of nitrogen functional groups attached to an aromatic ring is 3. The van der Waals surface area contributed by atoms with Crippen LogP contribution in [-0.4, -0.2) is 14.8 Å². The molecule has 0 saturated carbocycles. The van der Waals surface area contributed by atoms with Crippen molar-refractivity contribution in [3.63, 3.8) is 0 Å². The number of nitrogens with zero attached hydrogens (tertiary/aromatic N) is 3. The first-order valence-electron chi connectivity index (χ1n) is 10.8. The Morgan fingerprint density at radius 3 is 0.897 bits per heavy atom. The van der Waals surface area contributed by atoms with Gasteiger partial charge in [0, 0.05) is 54.6 Å². The highest BCUT2D eigenvalue weighted by atomic mass is 16.6. The molecule has 4 aromatic carbocycles. The van der Waals surface area contributed by atoms with E-state index >= 15 is 0 Å². The van der Waals surface area contributed by atoms with E-state index in [0.29, 0.717) is 0 Å². The standard InChI is InChI=1S/C24H18N6O9/c25-19-10-13(1-4-22(19)28(31)32)37-16-7-17(38-14-2-5-23(29(33)34)20(26)11-14)9-18(8-16)39-15-3-6-24(30(35)36)21(27)12-15/h1-12H,25-27H2. The normalized spacial score (nSPS) is 10.5. The zero-order valence-electron chi connectivity index (χ0n) is 19.7. The summed E-state index contributed by atoms with van der Waals surface area (Å²) in [6.07, 6.45) is 0. The lowest BCUT2D eigenvalue weighted by Gasteiger charge is -2.14. The third-order valence-electron chi connectivity index (χ3n) is 5.15. The van der Waals surface area contributed by atoms with Crippen molar-refractivity contribution in [1.82, 2.24) is 0 Å². The van der Waals surface area contributed by atoms with Gasteiger partial charge < -0.3 is 31.4 Å². The first-order chi connectivity index (χ1) is 18.5. The van der Waals surface area contributed by atoms with Crippen LogP contribution in [0.1, 0.15) is 0 Å². The SMILES string of the molecule is Nc1cc(Oc2cc(Oc3ccc([N+](=O)[O-])c(N)c3)cc(Oc3ccc([N+](=O)[O-])c(N)c3)c2)ccc1[N+](=O)[O-]. The molecule has 4 rings (SSSR count). The summed E-state index contributed by atoms with van der Waals surface area (Å²) in [5, 5.41) is 33.2. The summed E-state index contributed by atoms with van der Waals surface area (Å²) >= 11 is 0. The minimum atomic E-state index is -0.634. The van der Waals surface area contributed by atoms with Gasteiger partial charge in [-0.2, -0.15) is 0 Å². The predicted octanol–water partition coefficient (Wildman–Crippen LogP) is 5.53. The van der Waals surface area contributed by atoms with Gasteiger partial charge in [0.1, 0.15) is 51.6 Å². The van der Waals surface area contributed by atoms with Crippen LogP contribution >= 0.6 is 0 Å². The van der Waals surface area contributed by atoms with Crippen LogP contribution in [0.25, 0.3) is 0 Å². The summed E-state index contributed by atoms with van der Waals surface area (Å²) in [5.74, 6) is 0.961. The molecule has 0 spiro atoms. The molecule has 6 N–H and O–H groups in total. The maximum absolute atomic E-state index is 11.1. The molecule has 15 nitrogen and oxygen atoms in total. The smallest absolute Gasteiger partial charge is 0.292 e. The van der Waals surface area contributed by atoms with Gasteiger partial charge in [-0.25, -0.2) is 0 Å². The second-order valence-corrected chi connectivity index (χ2v) is 7.88. The molecule has 15 heteroatoms. The Morgan fingerprint density at radius 1 is 0.436 bits per heavy atom. The summed E-state index contributed by atoms with van der Waals surface area (Å²) in [5.41, 5.74) is 16.0. The topological polar surface area (TPSA) is 235 Å². The van der Waals surface area contributed by atoms with Crippen molar-refractivity contribution in [2.24, 2.45) is 0 Å². The van der Waals surface area contributed by atoms with Crippen LogP contribution in [0.4, 0.5) is 34.1 Å². The van der Waals surface area contributed by atoms with Gasteiger partial charge in [0.25, 0.3) is 17.1 Å². The highest BCUT2D eigenvalue weighted by Gasteiger charge is 2.16. The number of nitro groups is 3. The van der Waals surface area contributed by atoms with Crippen molar-refractivity contribution in [1.29, 1.82) is 0 Å². The molecule has 198 valence electrons. The minimum absolute atomic E-state index is 0.121. The quantitative estimate of drug-likeness (QED) is 0.136. The molecule has 0 fully saturated rings. The number of rotatable bonds is 9. The van der Waals surface area contributed by atoms with Gasteiger partial charge in [0.05, 0.1) is 14.8 Å². The monoisotopic (exact) mass is 534 g/mol. The fourth-order valence-corrected chi connectivity index (χ4v) is 3.42. The van der Waals surface area contributed by atoms with Gasteiger partial charge in [-0.05, 0) is 18.2 Å². The van der Waals surface area contributed by atoms with Crippen LogP contribution in [0.3, 0.4) is 0 Å². The highest BCUT2D eigenvalue weighted by molar-refractivity contribution is 5.63. The molecular formula is C24H18N6O9. The third kappa shape index (κ3) is 6.00. The molecule has 0 atom stereocenters. The Kier molecular flexibility index (Phi) is 6.97. The van der Waals surface area contributed by atoms with E-state index in [1.807, 2.05) is 0 Å². The molecule has 0 heterocycles. The molecule has 4 aromatic rings. The summed E-state index contributed by atoms with van der Waals surface area (Å²) in [4.78, 5) is 31.3. The lowest BCUT2D eigenvalue weighted by Crippen LogP contribution is -1.97. The average Bonchev–Trinajstić information content (AvgIpc) is 2.83. The molecule has 0 aliphatic carbocycles. The van der Waals surface area contributed by atoms with Crippen LogP contribution in [0.5, 0.6) is 34.5 Å². The van der Waals surface area contributed by atoms with Crippen molar-refractivity contribution < 1.29 is 29.0 Å². The van der Waals surface area contributed by atoms with Gasteiger partial charge in [-0.1, -0.05) is 0 Å². The molecule has 0 aromatic heterocycles. The number of nitro benzene ring substituents is 3. The minimum Gasteiger partial charge on any atom is -0.457 e. The maximum atomic E-state index is 11.1. The van der Waals surface area contributed by atoms with E-state index in [1.165, 1.54) is 72.8 Å². The molecule has 0 saturated heterocycles. The lowest BCUT2D eigenvalue weighted by atomic mass is 10.2. The molecular weight excluding hydrogens is 516 g/mol. The van der Waals surface area contributed by atoms with Crippen molar-refractivity contribution >= 4 is 34.1 Å². The number of hydrogen-bond acceptors (Lipinski definition) is 12. The van der Waals surface area contributed by atoms with Gasteiger partial charge in [-0.15, -0.1) is 0 Å². The largest absolute Gasteiger partial charge is 0.457 e. The molecule has 39 heavy (non-hydrogen) atoms. The molecule has 0 aliphatic heterocycles. The average molecular weight is 534 g/mol. The number of nitrogens with two attached hydrogens (primary N) is 3. The van der Waals surface area contributed by atoms with Crippen molar-refractivity contribution in [3.8, 4) is 34.5 Å². The van der Waals surface area contributed by atoms with Crippen LogP contribution in [0, 0.1) is 30.3 Å². The number of ether oxygens (including phenoxy) is 3. The Bertz CT molecular complexity index is 1420.